The number of hydrogen-bond donors (Lipinski definition) is 1. The second kappa shape index (κ2) is 5.96. The maximum atomic E-state index is 12.5. The number of rotatable bonds is 3. The van der Waals surface area contributed by atoms with Crippen molar-refractivity contribution < 1.29 is 19.4 Å². The van der Waals surface area contributed by atoms with Crippen LogP contribution in [0.3, 0.4) is 0 Å². The van der Waals surface area contributed by atoms with E-state index in [1.54, 1.807) is 24.8 Å². The zero-order valence-corrected chi connectivity index (χ0v) is 11.5. The van der Waals surface area contributed by atoms with E-state index >= 15 is 0 Å². The molecule has 1 aliphatic heterocycles. The van der Waals surface area contributed by atoms with Crippen LogP contribution in [0.25, 0.3) is 0 Å². The number of morpholine rings is 1. The number of carbonyl (C=O) groups excluding carboxylic acids is 1. The van der Waals surface area contributed by atoms with Crippen molar-refractivity contribution in [2.24, 2.45) is 0 Å². The SMILES string of the molecule is Cc1cc(C(=O)N2CCOC(CC(=O)O)C2)c(C)nn1. The molecule has 1 atom stereocenters. The lowest BCUT2D eigenvalue weighted by Crippen LogP contribution is -2.46. The normalized spacial score (nSPS) is 18.9. The maximum Gasteiger partial charge on any atom is 0.306 e. The number of aliphatic carboxylic acids is 1. The summed E-state index contributed by atoms with van der Waals surface area (Å²) in [6.45, 7) is 4.59. The van der Waals surface area contributed by atoms with E-state index < -0.39 is 12.1 Å². The molecule has 7 nitrogen and oxygen atoms in total. The first kappa shape index (κ1) is 14.4. The van der Waals surface area contributed by atoms with Crippen molar-refractivity contribution in [2.75, 3.05) is 19.7 Å². The summed E-state index contributed by atoms with van der Waals surface area (Å²) in [6, 6.07) is 1.70. The zero-order chi connectivity index (χ0) is 14.7. The average molecular weight is 279 g/mol. The van der Waals surface area contributed by atoms with Gasteiger partial charge in [0.2, 0.25) is 0 Å². The molecule has 0 aliphatic carbocycles. The Bertz CT molecular complexity index is 532. The fourth-order valence-electron chi connectivity index (χ4n) is 2.16. The van der Waals surface area contributed by atoms with Crippen LogP contribution in [-0.2, 0) is 9.53 Å². The van der Waals surface area contributed by atoms with Gasteiger partial charge in [-0.05, 0) is 19.9 Å². The number of carbonyl (C=O) groups is 2. The number of aromatic nitrogens is 2. The van der Waals surface area contributed by atoms with Crippen LogP contribution in [0.2, 0.25) is 0 Å². The molecule has 1 unspecified atom stereocenters. The molecule has 0 saturated carbocycles. The number of carboxylic acids is 1. The molecule has 0 aromatic carbocycles. The monoisotopic (exact) mass is 279 g/mol. The molecule has 1 aromatic rings. The van der Waals surface area contributed by atoms with E-state index in [0.29, 0.717) is 30.1 Å². The number of ether oxygens (including phenoxy) is 1. The Kier molecular flexibility index (Phi) is 4.29. The first-order valence-corrected chi connectivity index (χ1v) is 6.41. The van der Waals surface area contributed by atoms with Crippen LogP contribution in [0, 0.1) is 13.8 Å². The first-order valence-electron chi connectivity index (χ1n) is 6.41. The summed E-state index contributed by atoms with van der Waals surface area (Å²) < 4.78 is 5.36. The largest absolute Gasteiger partial charge is 0.481 e. The fraction of sp³-hybridized carbons (Fsp3) is 0.538. The summed E-state index contributed by atoms with van der Waals surface area (Å²) in [5.74, 6) is -1.08. The molecule has 108 valence electrons. The van der Waals surface area contributed by atoms with Crippen LogP contribution in [-0.4, -0.2) is 57.9 Å². The molecule has 1 N–H and O–H groups in total. The van der Waals surface area contributed by atoms with Crippen LogP contribution < -0.4 is 0 Å². The van der Waals surface area contributed by atoms with Crippen LogP contribution in [0.5, 0.6) is 0 Å². The van der Waals surface area contributed by atoms with Crippen molar-refractivity contribution >= 4 is 11.9 Å². The van der Waals surface area contributed by atoms with Gasteiger partial charge in [0, 0.05) is 13.1 Å². The summed E-state index contributed by atoms with van der Waals surface area (Å²) in [6.07, 6.45) is -0.558. The van der Waals surface area contributed by atoms with Crippen molar-refractivity contribution in [2.45, 2.75) is 26.4 Å². The van der Waals surface area contributed by atoms with Gasteiger partial charge in [0.1, 0.15) is 0 Å². The summed E-state index contributed by atoms with van der Waals surface area (Å²) in [4.78, 5) is 24.8. The van der Waals surface area contributed by atoms with Crippen LogP contribution in [0.15, 0.2) is 6.07 Å². The van der Waals surface area contributed by atoms with E-state index in [0.717, 1.165) is 0 Å². The topological polar surface area (TPSA) is 92.6 Å². The molecule has 0 bridgehead atoms. The quantitative estimate of drug-likeness (QED) is 0.861. The van der Waals surface area contributed by atoms with Crippen LogP contribution in [0.4, 0.5) is 0 Å². The molecule has 2 rings (SSSR count). The lowest BCUT2D eigenvalue weighted by atomic mass is 10.1. The molecule has 0 spiro atoms. The summed E-state index contributed by atoms with van der Waals surface area (Å²) in [7, 11) is 0. The van der Waals surface area contributed by atoms with Crippen molar-refractivity contribution in [3.63, 3.8) is 0 Å². The van der Waals surface area contributed by atoms with E-state index in [1.165, 1.54) is 0 Å². The lowest BCUT2D eigenvalue weighted by Gasteiger charge is -2.32. The van der Waals surface area contributed by atoms with Gasteiger partial charge in [0.15, 0.2) is 0 Å². The van der Waals surface area contributed by atoms with Crippen molar-refractivity contribution in [1.82, 2.24) is 15.1 Å². The third-order valence-electron chi connectivity index (χ3n) is 3.16. The molecule has 1 aliphatic rings. The molecule has 0 radical (unpaired) electrons. The first-order chi connectivity index (χ1) is 9.47. The Morgan fingerprint density at radius 1 is 1.45 bits per heavy atom. The average Bonchev–Trinajstić information content (AvgIpc) is 2.40. The molecule has 7 heteroatoms. The van der Waals surface area contributed by atoms with E-state index in [2.05, 4.69) is 10.2 Å². The van der Waals surface area contributed by atoms with Gasteiger partial charge in [-0.15, -0.1) is 0 Å². The van der Waals surface area contributed by atoms with Crippen molar-refractivity contribution in [1.29, 1.82) is 0 Å². The molecule has 1 saturated heterocycles. The summed E-state index contributed by atoms with van der Waals surface area (Å²) >= 11 is 0. The molecule has 2 heterocycles. The zero-order valence-electron chi connectivity index (χ0n) is 11.5. The fourth-order valence-corrected chi connectivity index (χ4v) is 2.16. The molecule has 1 aromatic heterocycles. The minimum atomic E-state index is -0.929. The number of aryl methyl sites for hydroxylation is 2. The predicted octanol–water partition coefficient (Wildman–Crippen LogP) is 0.409. The number of amides is 1. The summed E-state index contributed by atoms with van der Waals surface area (Å²) in [5, 5.41) is 16.6. The maximum absolute atomic E-state index is 12.5. The van der Waals surface area contributed by atoms with Gasteiger partial charge in [-0.25, -0.2) is 0 Å². The van der Waals surface area contributed by atoms with Gasteiger partial charge in [-0.1, -0.05) is 0 Å². The van der Waals surface area contributed by atoms with Gasteiger partial charge < -0.3 is 14.7 Å². The van der Waals surface area contributed by atoms with Gasteiger partial charge in [0.25, 0.3) is 5.91 Å². The van der Waals surface area contributed by atoms with E-state index in [1.807, 2.05) is 0 Å². The Morgan fingerprint density at radius 2 is 2.20 bits per heavy atom. The number of hydrogen-bond acceptors (Lipinski definition) is 5. The molecule has 20 heavy (non-hydrogen) atoms. The predicted molar refractivity (Wildman–Crippen MR) is 69.4 cm³/mol. The lowest BCUT2D eigenvalue weighted by molar-refractivity contribution is -0.141. The highest BCUT2D eigenvalue weighted by Crippen LogP contribution is 2.14. The van der Waals surface area contributed by atoms with E-state index in [9.17, 15) is 9.59 Å². The van der Waals surface area contributed by atoms with Crippen LogP contribution >= 0.6 is 0 Å². The smallest absolute Gasteiger partial charge is 0.306 e. The second-order valence-corrected chi connectivity index (χ2v) is 4.83. The van der Waals surface area contributed by atoms with E-state index in [4.69, 9.17) is 9.84 Å². The number of carboxylic acid groups (broad SMARTS) is 1. The second-order valence-electron chi connectivity index (χ2n) is 4.83. The Labute approximate surface area is 116 Å². The van der Waals surface area contributed by atoms with Gasteiger partial charge in [0.05, 0.1) is 36.1 Å². The third kappa shape index (κ3) is 3.30. The highest BCUT2D eigenvalue weighted by Gasteiger charge is 2.27. The van der Waals surface area contributed by atoms with Crippen molar-refractivity contribution in [3.05, 3.63) is 23.0 Å². The molecule has 1 fully saturated rings. The van der Waals surface area contributed by atoms with Crippen molar-refractivity contribution in [3.8, 4) is 0 Å². The van der Waals surface area contributed by atoms with Crippen LogP contribution in [0.1, 0.15) is 28.2 Å². The minimum absolute atomic E-state index is 0.101. The molecular weight excluding hydrogens is 262 g/mol. The van der Waals surface area contributed by atoms with E-state index in [-0.39, 0.29) is 18.9 Å². The highest BCUT2D eigenvalue weighted by atomic mass is 16.5. The highest BCUT2D eigenvalue weighted by molar-refractivity contribution is 5.95. The van der Waals surface area contributed by atoms with Gasteiger partial charge in [-0.3, -0.25) is 9.59 Å². The van der Waals surface area contributed by atoms with Gasteiger partial charge >= 0.3 is 5.97 Å². The Morgan fingerprint density at radius 3 is 2.90 bits per heavy atom. The Hall–Kier alpha value is -2.02. The Balaban J connectivity index is 2.12. The standard InChI is InChI=1S/C13H17N3O4/c1-8-5-11(9(2)15-14-8)13(19)16-3-4-20-10(7-16)6-12(17)18/h5,10H,3-4,6-7H2,1-2H3,(H,17,18). The number of nitrogens with zero attached hydrogens (tertiary/aromatic N) is 3. The minimum Gasteiger partial charge on any atom is -0.481 e. The summed E-state index contributed by atoms with van der Waals surface area (Å²) in [5.41, 5.74) is 1.75. The third-order valence-corrected chi connectivity index (χ3v) is 3.16. The molecule has 1 amide bonds. The van der Waals surface area contributed by atoms with Gasteiger partial charge in [-0.2, -0.15) is 10.2 Å². The molecular formula is C13H17N3O4.